The van der Waals surface area contributed by atoms with Gasteiger partial charge < -0.3 is 19.9 Å². The van der Waals surface area contributed by atoms with Crippen LogP contribution in [-0.2, 0) is 0 Å². The number of nitrogens with one attached hydrogen (secondary N) is 1. The van der Waals surface area contributed by atoms with Gasteiger partial charge in [-0.15, -0.1) is 0 Å². The first kappa shape index (κ1) is 16.7. The lowest BCUT2D eigenvalue weighted by atomic mass is 9.82. The van der Waals surface area contributed by atoms with Crippen molar-refractivity contribution in [3.8, 4) is 0 Å². The number of hydrogen-bond donors (Lipinski definition) is 3. The van der Waals surface area contributed by atoms with Crippen LogP contribution < -0.4 is 5.32 Å². The van der Waals surface area contributed by atoms with Gasteiger partial charge in [0, 0.05) is 12.5 Å². The second-order valence-corrected chi connectivity index (χ2v) is 6.09. The zero-order valence-electron chi connectivity index (χ0n) is 12.7. The Morgan fingerprint density at radius 2 is 2.05 bits per heavy atom. The number of amides is 1. The van der Waals surface area contributed by atoms with Crippen LogP contribution in [0.2, 0.25) is 0 Å². The van der Waals surface area contributed by atoms with E-state index in [0.29, 0.717) is 11.7 Å². The molecule has 0 radical (unpaired) electrons. The SMILES string of the molecule is Cc1oc(C(C)C(C)(C)C)nc1C(=O)NCC(O)CO. The Kier molecular flexibility index (Phi) is 5.30. The number of nitrogens with zero attached hydrogens (tertiary/aromatic N) is 1. The van der Waals surface area contributed by atoms with E-state index in [2.05, 4.69) is 31.1 Å². The van der Waals surface area contributed by atoms with Gasteiger partial charge in [0.05, 0.1) is 12.7 Å². The van der Waals surface area contributed by atoms with Crippen molar-refractivity contribution in [3.05, 3.63) is 17.3 Å². The van der Waals surface area contributed by atoms with Crippen LogP contribution in [0.5, 0.6) is 0 Å². The van der Waals surface area contributed by atoms with Crippen LogP contribution in [0.1, 0.15) is 55.8 Å². The summed E-state index contributed by atoms with van der Waals surface area (Å²) in [5.41, 5.74) is 0.208. The molecule has 1 aromatic heterocycles. The molecule has 0 spiro atoms. The third-order valence-electron chi connectivity index (χ3n) is 3.41. The van der Waals surface area contributed by atoms with E-state index in [0.717, 1.165) is 0 Å². The summed E-state index contributed by atoms with van der Waals surface area (Å²) in [5.74, 6) is 0.645. The Bertz CT molecular complexity index is 462. The zero-order chi connectivity index (χ0) is 15.5. The van der Waals surface area contributed by atoms with Crippen molar-refractivity contribution in [1.82, 2.24) is 10.3 Å². The number of carbonyl (C=O) groups excluding carboxylic acids is 1. The molecule has 114 valence electrons. The molecule has 1 rings (SSSR count). The highest BCUT2D eigenvalue weighted by Crippen LogP contribution is 2.34. The molecule has 0 fully saturated rings. The summed E-state index contributed by atoms with van der Waals surface area (Å²) in [6, 6.07) is 0. The number of aromatic nitrogens is 1. The van der Waals surface area contributed by atoms with Crippen molar-refractivity contribution in [1.29, 1.82) is 0 Å². The van der Waals surface area contributed by atoms with E-state index in [1.807, 2.05) is 6.92 Å². The fourth-order valence-corrected chi connectivity index (χ4v) is 1.54. The maximum Gasteiger partial charge on any atom is 0.273 e. The van der Waals surface area contributed by atoms with Crippen molar-refractivity contribution >= 4 is 5.91 Å². The molecule has 20 heavy (non-hydrogen) atoms. The Labute approximate surface area is 119 Å². The van der Waals surface area contributed by atoms with Crippen molar-refractivity contribution in [2.45, 2.75) is 46.6 Å². The minimum atomic E-state index is -0.973. The van der Waals surface area contributed by atoms with Gasteiger partial charge in [-0.25, -0.2) is 4.98 Å². The van der Waals surface area contributed by atoms with Crippen molar-refractivity contribution in [2.75, 3.05) is 13.2 Å². The molecule has 6 nitrogen and oxygen atoms in total. The smallest absolute Gasteiger partial charge is 0.273 e. The molecule has 3 N–H and O–H groups in total. The number of rotatable bonds is 5. The maximum absolute atomic E-state index is 11.9. The Morgan fingerprint density at radius 1 is 1.45 bits per heavy atom. The lowest BCUT2D eigenvalue weighted by Gasteiger charge is -2.24. The topological polar surface area (TPSA) is 95.6 Å². The minimum absolute atomic E-state index is 0.0158. The van der Waals surface area contributed by atoms with Gasteiger partial charge in [0.2, 0.25) is 0 Å². The third-order valence-corrected chi connectivity index (χ3v) is 3.41. The molecule has 0 aliphatic heterocycles. The minimum Gasteiger partial charge on any atom is -0.445 e. The van der Waals surface area contributed by atoms with Gasteiger partial charge in [-0.05, 0) is 12.3 Å². The number of aliphatic hydroxyl groups is 2. The predicted molar refractivity (Wildman–Crippen MR) is 74.5 cm³/mol. The standard InChI is InChI=1S/C14H24N2O4/c1-8(14(3,4)5)13-16-11(9(2)20-13)12(19)15-6-10(18)7-17/h8,10,17-18H,6-7H2,1-5H3,(H,15,19). The average molecular weight is 284 g/mol. The van der Waals surface area contributed by atoms with Gasteiger partial charge in [0.25, 0.3) is 5.91 Å². The maximum atomic E-state index is 11.9. The summed E-state index contributed by atoms with van der Waals surface area (Å²) in [6.07, 6.45) is -0.973. The molecule has 0 bridgehead atoms. The second-order valence-electron chi connectivity index (χ2n) is 6.09. The first-order valence-electron chi connectivity index (χ1n) is 6.71. The van der Waals surface area contributed by atoms with E-state index in [1.54, 1.807) is 6.92 Å². The first-order chi connectivity index (χ1) is 9.16. The van der Waals surface area contributed by atoms with E-state index >= 15 is 0 Å². The van der Waals surface area contributed by atoms with E-state index in [9.17, 15) is 9.90 Å². The highest BCUT2D eigenvalue weighted by atomic mass is 16.4. The summed E-state index contributed by atoms with van der Waals surface area (Å²) in [7, 11) is 0. The molecule has 0 aromatic carbocycles. The van der Waals surface area contributed by atoms with Crippen LogP contribution in [0.4, 0.5) is 0 Å². The molecule has 2 atom stereocenters. The normalized spacial score (nSPS) is 14.9. The van der Waals surface area contributed by atoms with Gasteiger partial charge >= 0.3 is 0 Å². The molecule has 1 heterocycles. The average Bonchev–Trinajstić information content (AvgIpc) is 2.75. The molecule has 6 heteroatoms. The molecule has 0 saturated heterocycles. The van der Waals surface area contributed by atoms with E-state index < -0.39 is 18.6 Å². The molecule has 0 aliphatic rings. The summed E-state index contributed by atoms with van der Waals surface area (Å²) in [6.45, 7) is 9.50. The predicted octanol–water partition coefficient (Wildman–Crippen LogP) is 1.22. The fourth-order valence-electron chi connectivity index (χ4n) is 1.54. The largest absolute Gasteiger partial charge is 0.445 e. The van der Waals surface area contributed by atoms with Crippen LogP contribution in [-0.4, -0.2) is 40.4 Å². The van der Waals surface area contributed by atoms with Crippen LogP contribution in [0.3, 0.4) is 0 Å². The van der Waals surface area contributed by atoms with Crippen molar-refractivity contribution < 1.29 is 19.4 Å². The summed E-state index contributed by atoms with van der Waals surface area (Å²) in [5, 5.41) is 20.4. The number of aryl methyl sites for hydroxylation is 1. The summed E-state index contributed by atoms with van der Waals surface area (Å²) in [4.78, 5) is 16.2. The van der Waals surface area contributed by atoms with E-state index in [-0.39, 0.29) is 23.6 Å². The van der Waals surface area contributed by atoms with Gasteiger partial charge in [0.15, 0.2) is 11.6 Å². The summed E-state index contributed by atoms with van der Waals surface area (Å²) < 4.78 is 5.57. The van der Waals surface area contributed by atoms with Crippen LogP contribution >= 0.6 is 0 Å². The molecule has 1 amide bonds. The van der Waals surface area contributed by atoms with Gasteiger partial charge in [-0.3, -0.25) is 4.79 Å². The highest BCUT2D eigenvalue weighted by molar-refractivity contribution is 5.93. The third kappa shape index (κ3) is 4.05. The lowest BCUT2D eigenvalue weighted by molar-refractivity contribution is 0.0798. The molecular formula is C14H24N2O4. The molecule has 0 aliphatic carbocycles. The van der Waals surface area contributed by atoms with Crippen molar-refractivity contribution in [3.63, 3.8) is 0 Å². The monoisotopic (exact) mass is 284 g/mol. The van der Waals surface area contributed by atoms with Gasteiger partial charge in [-0.1, -0.05) is 27.7 Å². The number of aliphatic hydroxyl groups excluding tert-OH is 2. The first-order valence-corrected chi connectivity index (χ1v) is 6.71. The van der Waals surface area contributed by atoms with Crippen molar-refractivity contribution in [2.24, 2.45) is 5.41 Å². The Balaban J connectivity index is 2.82. The van der Waals surface area contributed by atoms with Crippen LogP contribution in [0.25, 0.3) is 0 Å². The molecule has 2 unspecified atom stereocenters. The Morgan fingerprint density at radius 3 is 2.55 bits per heavy atom. The molecular weight excluding hydrogens is 260 g/mol. The number of oxazole rings is 1. The summed E-state index contributed by atoms with van der Waals surface area (Å²) >= 11 is 0. The van der Waals surface area contributed by atoms with E-state index in [4.69, 9.17) is 9.52 Å². The van der Waals surface area contributed by atoms with Crippen LogP contribution in [0, 0.1) is 12.3 Å². The van der Waals surface area contributed by atoms with Gasteiger partial charge in [0.1, 0.15) is 5.76 Å². The quantitative estimate of drug-likeness (QED) is 0.755. The van der Waals surface area contributed by atoms with Gasteiger partial charge in [-0.2, -0.15) is 0 Å². The fraction of sp³-hybridized carbons (Fsp3) is 0.714. The number of hydrogen-bond acceptors (Lipinski definition) is 5. The van der Waals surface area contributed by atoms with E-state index in [1.165, 1.54) is 0 Å². The lowest BCUT2D eigenvalue weighted by Crippen LogP contribution is -2.34. The highest BCUT2D eigenvalue weighted by Gasteiger charge is 2.28. The number of carbonyl (C=O) groups is 1. The Hall–Kier alpha value is -1.40. The molecule has 0 saturated carbocycles. The molecule has 1 aromatic rings. The van der Waals surface area contributed by atoms with Crippen LogP contribution in [0.15, 0.2) is 4.42 Å². The second kappa shape index (κ2) is 6.37. The zero-order valence-corrected chi connectivity index (χ0v) is 12.7.